The molecule has 0 aliphatic carbocycles. The molecule has 0 N–H and O–H groups in total. The molecule has 0 aromatic carbocycles. The van der Waals surface area contributed by atoms with E-state index >= 15 is 0 Å². The lowest BCUT2D eigenvalue weighted by Crippen LogP contribution is -2.38. The van der Waals surface area contributed by atoms with Crippen LogP contribution in [0.1, 0.15) is 47.4 Å². The second kappa shape index (κ2) is 9.24. The van der Waals surface area contributed by atoms with E-state index in [0.717, 1.165) is 49.4 Å². The Balaban J connectivity index is 1.59. The lowest BCUT2D eigenvalue weighted by atomic mass is 10.2. The number of nitrogens with zero attached hydrogens (tertiary/aromatic N) is 4. The molecule has 2 aliphatic rings. The minimum absolute atomic E-state index is 0.0638. The number of imidazole rings is 1. The van der Waals surface area contributed by atoms with E-state index in [-0.39, 0.29) is 12.0 Å². The monoisotopic (exact) mass is 400 g/mol. The third kappa shape index (κ3) is 4.79. The first-order valence-corrected chi connectivity index (χ1v) is 10.8. The van der Waals surface area contributed by atoms with Crippen molar-refractivity contribution in [3.05, 3.63) is 35.3 Å². The molecule has 7 heteroatoms. The number of amides is 1. The van der Waals surface area contributed by atoms with Crippen molar-refractivity contribution in [3.8, 4) is 0 Å². The smallest absolute Gasteiger partial charge is 0.274 e. The number of carbonyl (C=O) groups is 1. The molecule has 7 nitrogen and oxygen atoms in total. The molecule has 2 aromatic heterocycles. The van der Waals surface area contributed by atoms with Crippen molar-refractivity contribution in [1.82, 2.24) is 19.2 Å². The number of fused-ring (bicyclic) bond motifs is 1. The van der Waals surface area contributed by atoms with Crippen LogP contribution in [0.2, 0.25) is 0 Å². The Morgan fingerprint density at radius 1 is 1.24 bits per heavy atom. The Labute approximate surface area is 172 Å². The highest BCUT2D eigenvalue weighted by atomic mass is 16.6. The number of carbonyl (C=O) groups excluding carboxylic acids is 1. The van der Waals surface area contributed by atoms with Gasteiger partial charge in [-0.15, -0.1) is 0 Å². The molecule has 29 heavy (non-hydrogen) atoms. The van der Waals surface area contributed by atoms with Crippen molar-refractivity contribution < 1.29 is 14.3 Å². The normalized spacial score (nSPS) is 20.9. The third-order valence-corrected chi connectivity index (χ3v) is 5.80. The highest BCUT2D eigenvalue weighted by Gasteiger charge is 2.26. The second-order valence-corrected chi connectivity index (χ2v) is 8.31. The maximum Gasteiger partial charge on any atom is 0.274 e. The molecule has 2 saturated heterocycles. The minimum atomic E-state index is 0.0638. The van der Waals surface area contributed by atoms with Crippen LogP contribution in [0.4, 0.5) is 0 Å². The first-order valence-electron chi connectivity index (χ1n) is 10.8. The molecular formula is C22H32N4O3. The van der Waals surface area contributed by atoms with Crippen molar-refractivity contribution in [2.45, 2.75) is 45.3 Å². The van der Waals surface area contributed by atoms with Crippen LogP contribution >= 0.6 is 0 Å². The number of rotatable bonds is 5. The van der Waals surface area contributed by atoms with Crippen molar-refractivity contribution in [1.29, 1.82) is 0 Å². The number of hydrogen-bond donors (Lipinski definition) is 0. The van der Waals surface area contributed by atoms with E-state index in [1.165, 1.54) is 12.8 Å². The first-order chi connectivity index (χ1) is 14.1. The van der Waals surface area contributed by atoms with E-state index in [9.17, 15) is 4.79 Å². The van der Waals surface area contributed by atoms with Crippen LogP contribution in [0, 0.1) is 6.92 Å². The number of likely N-dealkylation sites (tertiary alicyclic amines) is 1. The zero-order valence-corrected chi connectivity index (χ0v) is 17.6. The summed E-state index contributed by atoms with van der Waals surface area (Å²) in [6.45, 7) is 7.04. The minimum Gasteiger partial charge on any atom is -0.376 e. The van der Waals surface area contributed by atoms with E-state index in [4.69, 9.17) is 14.5 Å². The van der Waals surface area contributed by atoms with Gasteiger partial charge in [-0.2, -0.15) is 0 Å². The molecule has 0 radical (unpaired) electrons. The van der Waals surface area contributed by atoms with E-state index in [1.807, 2.05) is 17.2 Å². The number of pyridine rings is 1. The van der Waals surface area contributed by atoms with Gasteiger partial charge < -0.3 is 18.8 Å². The molecule has 4 rings (SSSR count). The molecule has 0 spiro atoms. The first kappa shape index (κ1) is 20.3. The molecule has 158 valence electrons. The van der Waals surface area contributed by atoms with Gasteiger partial charge in [-0.3, -0.25) is 9.69 Å². The molecule has 1 unspecified atom stereocenters. The molecule has 2 fully saturated rings. The summed E-state index contributed by atoms with van der Waals surface area (Å²) in [6.07, 6.45) is 6.65. The lowest BCUT2D eigenvalue weighted by molar-refractivity contribution is -0.0963. The number of aryl methyl sites for hydroxylation is 1. The third-order valence-electron chi connectivity index (χ3n) is 5.80. The highest BCUT2D eigenvalue weighted by molar-refractivity contribution is 5.94. The van der Waals surface area contributed by atoms with Gasteiger partial charge in [0, 0.05) is 32.4 Å². The van der Waals surface area contributed by atoms with Crippen molar-refractivity contribution in [2.24, 2.45) is 0 Å². The molecule has 0 saturated carbocycles. The van der Waals surface area contributed by atoms with Crippen molar-refractivity contribution in [2.75, 3.05) is 46.5 Å². The highest BCUT2D eigenvalue weighted by Crippen LogP contribution is 2.20. The standard InChI is InChI=1S/C22H32N4O3/c1-17-7-10-26-19(15-24(2)14-18-16-28-11-12-29-18)21(23-20(26)13-17)22(27)25-8-5-3-4-6-9-25/h7,10,13,18H,3-6,8-9,11-12,14-16H2,1-2H3. The Morgan fingerprint density at radius 2 is 2.03 bits per heavy atom. The van der Waals surface area contributed by atoms with Crippen LogP contribution < -0.4 is 0 Å². The van der Waals surface area contributed by atoms with Crippen LogP contribution in [0.5, 0.6) is 0 Å². The Bertz CT molecular complexity index is 836. The number of aromatic nitrogens is 2. The summed E-state index contributed by atoms with van der Waals surface area (Å²) in [7, 11) is 2.06. The van der Waals surface area contributed by atoms with Gasteiger partial charge in [0.15, 0.2) is 5.69 Å². The topological polar surface area (TPSA) is 59.3 Å². The van der Waals surface area contributed by atoms with E-state index in [1.54, 1.807) is 0 Å². The summed E-state index contributed by atoms with van der Waals surface area (Å²) in [6, 6.07) is 4.11. The Morgan fingerprint density at radius 3 is 2.76 bits per heavy atom. The molecule has 1 amide bonds. The van der Waals surface area contributed by atoms with Gasteiger partial charge in [0.1, 0.15) is 5.65 Å². The van der Waals surface area contributed by atoms with Gasteiger partial charge in [0.2, 0.25) is 0 Å². The Hall–Kier alpha value is -1.96. The fourth-order valence-corrected chi connectivity index (χ4v) is 4.25. The number of likely N-dealkylation sites (N-methyl/N-ethyl adjacent to an activating group) is 1. The summed E-state index contributed by atoms with van der Waals surface area (Å²) in [5.74, 6) is 0.0638. The molecule has 1 atom stereocenters. The zero-order chi connectivity index (χ0) is 20.2. The SMILES string of the molecule is Cc1ccn2c(CN(C)CC3COCCO3)c(C(=O)N3CCCCCC3)nc2c1. The summed E-state index contributed by atoms with van der Waals surface area (Å²) in [5, 5.41) is 0. The summed E-state index contributed by atoms with van der Waals surface area (Å²) >= 11 is 0. The van der Waals surface area contributed by atoms with Crippen molar-refractivity contribution >= 4 is 11.6 Å². The average Bonchev–Trinajstić information content (AvgIpc) is 2.89. The van der Waals surface area contributed by atoms with Gasteiger partial charge in [-0.1, -0.05) is 12.8 Å². The maximum absolute atomic E-state index is 13.4. The maximum atomic E-state index is 13.4. The van der Waals surface area contributed by atoms with Gasteiger partial charge >= 0.3 is 0 Å². The van der Waals surface area contributed by atoms with Crippen molar-refractivity contribution in [3.63, 3.8) is 0 Å². The molecular weight excluding hydrogens is 368 g/mol. The summed E-state index contributed by atoms with van der Waals surface area (Å²) in [4.78, 5) is 22.3. The number of ether oxygens (including phenoxy) is 2. The van der Waals surface area contributed by atoms with Crippen LogP contribution in [0.15, 0.2) is 18.3 Å². The summed E-state index contributed by atoms with van der Waals surface area (Å²) < 4.78 is 13.4. The van der Waals surface area contributed by atoms with Gasteiger partial charge in [-0.05, 0) is 44.5 Å². The fourth-order valence-electron chi connectivity index (χ4n) is 4.25. The molecule has 2 aliphatic heterocycles. The predicted octanol–water partition coefficient (Wildman–Crippen LogP) is 2.51. The van der Waals surface area contributed by atoms with Crippen LogP contribution in [-0.2, 0) is 16.0 Å². The van der Waals surface area contributed by atoms with Crippen LogP contribution in [-0.4, -0.2) is 77.7 Å². The summed E-state index contributed by atoms with van der Waals surface area (Å²) in [5.41, 5.74) is 3.52. The quantitative estimate of drug-likeness (QED) is 0.772. The molecule has 0 bridgehead atoms. The van der Waals surface area contributed by atoms with Gasteiger partial charge in [-0.25, -0.2) is 4.98 Å². The van der Waals surface area contributed by atoms with E-state index in [0.29, 0.717) is 32.1 Å². The number of hydrogen-bond acceptors (Lipinski definition) is 5. The van der Waals surface area contributed by atoms with E-state index < -0.39 is 0 Å². The molecule has 4 heterocycles. The van der Waals surface area contributed by atoms with Gasteiger partial charge in [0.25, 0.3) is 5.91 Å². The zero-order valence-electron chi connectivity index (χ0n) is 17.6. The largest absolute Gasteiger partial charge is 0.376 e. The van der Waals surface area contributed by atoms with Gasteiger partial charge in [0.05, 0.1) is 31.6 Å². The molecule has 2 aromatic rings. The second-order valence-electron chi connectivity index (χ2n) is 8.31. The average molecular weight is 401 g/mol. The predicted molar refractivity (Wildman–Crippen MR) is 111 cm³/mol. The fraction of sp³-hybridized carbons (Fsp3) is 0.636. The van der Waals surface area contributed by atoms with Crippen LogP contribution in [0.25, 0.3) is 5.65 Å². The van der Waals surface area contributed by atoms with Crippen LogP contribution in [0.3, 0.4) is 0 Å². The lowest BCUT2D eigenvalue weighted by Gasteiger charge is -2.27. The Kier molecular flexibility index (Phi) is 6.47. The van der Waals surface area contributed by atoms with E-state index in [2.05, 4.69) is 29.3 Å².